The Bertz CT molecular complexity index is 470. The Balaban J connectivity index is 2.02. The molecule has 0 saturated carbocycles. The van der Waals surface area contributed by atoms with E-state index in [2.05, 4.69) is 5.32 Å². The third-order valence-corrected chi connectivity index (χ3v) is 4.04. The van der Waals surface area contributed by atoms with Crippen molar-refractivity contribution in [1.29, 1.82) is 0 Å². The van der Waals surface area contributed by atoms with Gasteiger partial charge in [-0.2, -0.15) is 0 Å². The summed E-state index contributed by atoms with van der Waals surface area (Å²) in [5, 5.41) is 11.6. The number of hydrogen-bond acceptors (Lipinski definition) is 4. The number of carbonyl (C=O) groups excluding carboxylic acids is 3. The predicted octanol–water partition coefficient (Wildman–Crippen LogP) is -1.34. The summed E-state index contributed by atoms with van der Waals surface area (Å²) in [5.74, 6) is -2.12. The second-order valence-electron chi connectivity index (χ2n) is 5.40. The van der Waals surface area contributed by atoms with Crippen LogP contribution in [0.25, 0.3) is 0 Å². The molecule has 0 aromatic heterocycles. The van der Waals surface area contributed by atoms with E-state index in [0.717, 1.165) is 4.90 Å². The van der Waals surface area contributed by atoms with Crippen LogP contribution in [0.2, 0.25) is 0 Å². The zero-order chi connectivity index (χ0) is 15.6. The monoisotopic (exact) mass is 297 g/mol. The molecule has 0 radical (unpaired) electrons. The average Bonchev–Trinajstić information content (AvgIpc) is 2.46. The fourth-order valence-corrected chi connectivity index (χ4v) is 2.77. The summed E-state index contributed by atoms with van der Waals surface area (Å²) >= 11 is 0. The minimum absolute atomic E-state index is 0.0262. The average molecular weight is 297 g/mol. The number of amides is 3. The molecule has 1 unspecified atom stereocenters. The van der Waals surface area contributed by atoms with Crippen LogP contribution in [0, 0.1) is 5.92 Å². The molecular weight excluding hydrogens is 278 g/mol. The summed E-state index contributed by atoms with van der Waals surface area (Å²) in [4.78, 5) is 49.2. The van der Waals surface area contributed by atoms with Gasteiger partial charge in [0.2, 0.25) is 17.7 Å². The van der Waals surface area contributed by atoms with Gasteiger partial charge in [-0.3, -0.25) is 14.4 Å². The number of hydrogen-bond donors (Lipinski definition) is 2. The number of carbonyl (C=O) groups is 4. The van der Waals surface area contributed by atoms with Crippen molar-refractivity contribution < 1.29 is 24.3 Å². The number of carboxylic acids is 1. The molecule has 2 rings (SSSR count). The maximum Gasteiger partial charge on any atom is 0.328 e. The highest BCUT2D eigenvalue weighted by atomic mass is 16.4. The first kappa shape index (κ1) is 15.3. The molecule has 2 saturated heterocycles. The highest BCUT2D eigenvalue weighted by Gasteiger charge is 2.38. The standard InChI is InChI=1S/C13H19N3O5/c1-8(17)15-4-2-9(3-5-15)12(19)16-7-11(18)14-6-10(16)13(20)21/h9-10H,2-7H2,1H3,(H,14,18)(H,20,21). The quantitative estimate of drug-likeness (QED) is 0.656. The Morgan fingerprint density at radius 3 is 2.38 bits per heavy atom. The normalized spacial score (nSPS) is 23.7. The van der Waals surface area contributed by atoms with E-state index < -0.39 is 12.0 Å². The van der Waals surface area contributed by atoms with Crippen LogP contribution in [0.15, 0.2) is 0 Å². The van der Waals surface area contributed by atoms with Crippen molar-refractivity contribution in [2.75, 3.05) is 26.2 Å². The van der Waals surface area contributed by atoms with Crippen molar-refractivity contribution in [3.05, 3.63) is 0 Å². The zero-order valence-electron chi connectivity index (χ0n) is 11.9. The Morgan fingerprint density at radius 1 is 1.24 bits per heavy atom. The van der Waals surface area contributed by atoms with Crippen LogP contribution in [0.4, 0.5) is 0 Å². The van der Waals surface area contributed by atoms with E-state index in [1.807, 2.05) is 0 Å². The number of nitrogens with one attached hydrogen (secondary N) is 1. The number of likely N-dealkylation sites (tertiary alicyclic amines) is 1. The molecule has 0 aromatic carbocycles. The lowest BCUT2D eigenvalue weighted by molar-refractivity contribution is -0.156. The molecule has 2 N–H and O–H groups in total. The molecule has 0 aliphatic carbocycles. The largest absolute Gasteiger partial charge is 0.480 e. The summed E-state index contributed by atoms with van der Waals surface area (Å²) < 4.78 is 0. The molecule has 8 heteroatoms. The highest BCUT2D eigenvalue weighted by molar-refractivity contribution is 5.92. The molecule has 0 bridgehead atoms. The summed E-state index contributed by atoms with van der Waals surface area (Å²) in [5.41, 5.74) is 0. The molecule has 2 aliphatic rings. The van der Waals surface area contributed by atoms with Gasteiger partial charge in [0.25, 0.3) is 0 Å². The van der Waals surface area contributed by atoms with E-state index in [1.54, 1.807) is 4.90 Å². The van der Waals surface area contributed by atoms with Gasteiger partial charge in [0.05, 0.1) is 0 Å². The minimum Gasteiger partial charge on any atom is -0.480 e. The van der Waals surface area contributed by atoms with Crippen molar-refractivity contribution >= 4 is 23.7 Å². The number of piperidine rings is 1. The van der Waals surface area contributed by atoms with Crippen molar-refractivity contribution in [2.24, 2.45) is 5.92 Å². The summed E-state index contributed by atoms with van der Waals surface area (Å²) in [6.07, 6.45) is 1.01. The lowest BCUT2D eigenvalue weighted by atomic mass is 9.94. The molecule has 2 aliphatic heterocycles. The third kappa shape index (κ3) is 3.32. The first-order valence-corrected chi connectivity index (χ1v) is 6.95. The fourth-order valence-electron chi connectivity index (χ4n) is 2.77. The molecule has 21 heavy (non-hydrogen) atoms. The van der Waals surface area contributed by atoms with Crippen LogP contribution in [-0.2, 0) is 19.2 Å². The minimum atomic E-state index is -1.12. The number of aliphatic carboxylic acids is 1. The Kier molecular flexibility index (Phi) is 4.44. The Labute approximate surface area is 122 Å². The second kappa shape index (κ2) is 6.11. The molecule has 8 nitrogen and oxygen atoms in total. The van der Waals surface area contributed by atoms with Crippen LogP contribution >= 0.6 is 0 Å². The Morgan fingerprint density at radius 2 is 1.86 bits per heavy atom. The van der Waals surface area contributed by atoms with Crippen molar-refractivity contribution in [2.45, 2.75) is 25.8 Å². The molecule has 0 aromatic rings. The summed E-state index contributed by atoms with van der Waals surface area (Å²) in [6, 6.07) is -1.01. The zero-order valence-corrected chi connectivity index (χ0v) is 11.9. The Hall–Kier alpha value is -2.12. The second-order valence-corrected chi connectivity index (χ2v) is 5.40. The lowest BCUT2D eigenvalue weighted by Gasteiger charge is -2.37. The van der Waals surface area contributed by atoms with Gasteiger partial charge >= 0.3 is 5.97 Å². The van der Waals surface area contributed by atoms with Crippen LogP contribution in [0.1, 0.15) is 19.8 Å². The van der Waals surface area contributed by atoms with E-state index in [1.165, 1.54) is 6.92 Å². The molecule has 3 amide bonds. The predicted molar refractivity (Wildman–Crippen MR) is 71.1 cm³/mol. The van der Waals surface area contributed by atoms with Crippen molar-refractivity contribution in [3.8, 4) is 0 Å². The maximum absolute atomic E-state index is 12.5. The van der Waals surface area contributed by atoms with E-state index >= 15 is 0 Å². The van der Waals surface area contributed by atoms with Crippen LogP contribution in [0.3, 0.4) is 0 Å². The molecule has 1 atom stereocenters. The summed E-state index contributed by atoms with van der Waals surface area (Å²) in [7, 11) is 0. The van der Waals surface area contributed by atoms with Gasteiger partial charge in [0, 0.05) is 32.5 Å². The highest BCUT2D eigenvalue weighted by Crippen LogP contribution is 2.21. The number of piperazine rings is 1. The van der Waals surface area contributed by atoms with Gasteiger partial charge < -0.3 is 20.2 Å². The fraction of sp³-hybridized carbons (Fsp3) is 0.692. The molecule has 2 heterocycles. The summed E-state index contributed by atoms with van der Waals surface area (Å²) in [6.45, 7) is 2.18. The van der Waals surface area contributed by atoms with E-state index in [4.69, 9.17) is 5.11 Å². The van der Waals surface area contributed by atoms with E-state index in [-0.39, 0.29) is 36.7 Å². The SMILES string of the molecule is CC(=O)N1CCC(C(=O)N2CC(=O)NCC2C(=O)O)CC1. The van der Waals surface area contributed by atoms with Gasteiger partial charge in [-0.15, -0.1) is 0 Å². The molecule has 0 spiro atoms. The number of carboxylic acid groups (broad SMARTS) is 1. The molecular formula is C13H19N3O5. The van der Waals surface area contributed by atoms with Crippen LogP contribution < -0.4 is 5.32 Å². The maximum atomic E-state index is 12.5. The van der Waals surface area contributed by atoms with Gasteiger partial charge in [0.1, 0.15) is 12.6 Å². The topological polar surface area (TPSA) is 107 Å². The number of nitrogens with zero attached hydrogens (tertiary/aromatic N) is 2. The van der Waals surface area contributed by atoms with Gasteiger partial charge in [-0.25, -0.2) is 4.79 Å². The molecule has 2 fully saturated rings. The smallest absolute Gasteiger partial charge is 0.328 e. The number of rotatable bonds is 2. The van der Waals surface area contributed by atoms with Crippen molar-refractivity contribution in [1.82, 2.24) is 15.1 Å². The van der Waals surface area contributed by atoms with Gasteiger partial charge in [0.15, 0.2) is 0 Å². The first-order chi connectivity index (χ1) is 9.90. The third-order valence-electron chi connectivity index (χ3n) is 4.04. The first-order valence-electron chi connectivity index (χ1n) is 6.95. The van der Waals surface area contributed by atoms with Gasteiger partial charge in [-0.1, -0.05) is 0 Å². The van der Waals surface area contributed by atoms with E-state index in [0.29, 0.717) is 25.9 Å². The van der Waals surface area contributed by atoms with Gasteiger partial charge in [-0.05, 0) is 12.8 Å². The van der Waals surface area contributed by atoms with Crippen LogP contribution in [0.5, 0.6) is 0 Å². The van der Waals surface area contributed by atoms with Crippen LogP contribution in [-0.4, -0.2) is 70.8 Å². The molecule has 116 valence electrons. The van der Waals surface area contributed by atoms with E-state index in [9.17, 15) is 19.2 Å². The lowest BCUT2D eigenvalue weighted by Crippen LogP contribution is -2.60. The van der Waals surface area contributed by atoms with Crippen molar-refractivity contribution in [3.63, 3.8) is 0 Å².